The highest BCUT2D eigenvalue weighted by molar-refractivity contribution is 14.1. The van der Waals surface area contributed by atoms with Crippen molar-refractivity contribution < 1.29 is 4.79 Å². The third-order valence-corrected chi connectivity index (χ3v) is 3.50. The van der Waals surface area contributed by atoms with Crippen molar-refractivity contribution >= 4 is 28.5 Å². The summed E-state index contributed by atoms with van der Waals surface area (Å²) < 4.78 is 0.992. The summed E-state index contributed by atoms with van der Waals surface area (Å²) in [5.41, 5.74) is 1.60. The first-order valence-corrected chi connectivity index (χ1v) is 7.27. The predicted molar refractivity (Wildman–Crippen MR) is 86.2 cm³/mol. The second-order valence-corrected chi connectivity index (χ2v) is 5.60. The molecule has 1 N–H and O–H groups in total. The van der Waals surface area contributed by atoms with E-state index in [0.717, 1.165) is 9.13 Å². The van der Waals surface area contributed by atoms with Crippen LogP contribution in [0.1, 0.15) is 15.9 Å². The second-order valence-electron chi connectivity index (χ2n) is 4.36. The lowest BCUT2D eigenvalue weighted by molar-refractivity contribution is 0.0945. The van der Waals surface area contributed by atoms with Gasteiger partial charge in [-0.05, 0) is 46.4 Å². The van der Waals surface area contributed by atoms with E-state index >= 15 is 0 Å². The highest BCUT2D eigenvalue weighted by Crippen LogP contribution is 2.09. The first kappa shape index (κ1) is 14.5. The maximum Gasteiger partial charge on any atom is 0.252 e. The van der Waals surface area contributed by atoms with Crippen LogP contribution in [0.3, 0.4) is 0 Å². The van der Waals surface area contributed by atoms with E-state index in [1.54, 1.807) is 12.1 Å². The number of carbonyl (C=O) groups excluding carboxylic acids is 1. The SMILES string of the molecule is N#C[C@H](Cc1ccccc1)NC(=O)c1cccc(I)c1. The number of hydrogen-bond acceptors (Lipinski definition) is 2. The molecule has 1 amide bonds. The molecular weight excluding hydrogens is 363 g/mol. The maximum absolute atomic E-state index is 12.1. The van der Waals surface area contributed by atoms with E-state index < -0.39 is 6.04 Å². The Bertz CT molecular complexity index is 634. The lowest BCUT2D eigenvalue weighted by Crippen LogP contribution is -2.35. The molecule has 0 bridgehead atoms. The summed E-state index contributed by atoms with van der Waals surface area (Å²) in [6.07, 6.45) is 0.507. The molecule has 20 heavy (non-hydrogen) atoms. The summed E-state index contributed by atoms with van der Waals surface area (Å²) in [4.78, 5) is 12.1. The number of amides is 1. The number of rotatable bonds is 4. The van der Waals surface area contributed by atoms with Gasteiger partial charge in [0.05, 0.1) is 6.07 Å². The Hall–Kier alpha value is -1.87. The van der Waals surface area contributed by atoms with Crippen LogP contribution < -0.4 is 5.32 Å². The van der Waals surface area contributed by atoms with E-state index in [-0.39, 0.29) is 5.91 Å². The highest BCUT2D eigenvalue weighted by Gasteiger charge is 2.13. The van der Waals surface area contributed by atoms with Crippen LogP contribution in [-0.4, -0.2) is 11.9 Å². The molecule has 0 unspecified atom stereocenters. The van der Waals surface area contributed by atoms with Crippen LogP contribution in [0.15, 0.2) is 54.6 Å². The van der Waals surface area contributed by atoms with E-state index in [9.17, 15) is 10.1 Å². The van der Waals surface area contributed by atoms with Crippen molar-refractivity contribution in [3.8, 4) is 6.07 Å². The average molecular weight is 376 g/mol. The van der Waals surface area contributed by atoms with Crippen LogP contribution in [0.25, 0.3) is 0 Å². The van der Waals surface area contributed by atoms with Gasteiger partial charge in [0.15, 0.2) is 0 Å². The molecule has 2 rings (SSSR count). The molecule has 3 nitrogen and oxygen atoms in total. The first-order valence-electron chi connectivity index (χ1n) is 6.19. The summed E-state index contributed by atoms with van der Waals surface area (Å²) in [5, 5.41) is 11.9. The molecule has 0 saturated carbocycles. The molecule has 0 aliphatic heterocycles. The number of hydrogen-bond donors (Lipinski definition) is 1. The smallest absolute Gasteiger partial charge is 0.252 e. The van der Waals surface area contributed by atoms with Crippen molar-refractivity contribution in [3.63, 3.8) is 0 Å². The lowest BCUT2D eigenvalue weighted by Gasteiger charge is -2.12. The van der Waals surface area contributed by atoms with Crippen molar-refractivity contribution in [2.24, 2.45) is 0 Å². The summed E-state index contributed by atoms with van der Waals surface area (Å²) in [6.45, 7) is 0. The standard InChI is InChI=1S/C16H13IN2O/c17-14-8-4-7-13(10-14)16(20)19-15(11-18)9-12-5-2-1-3-6-12/h1-8,10,15H,9H2,(H,19,20)/t15-/m0/s1. The van der Waals surface area contributed by atoms with Gasteiger partial charge in [0.1, 0.15) is 6.04 Å². The van der Waals surface area contributed by atoms with Gasteiger partial charge in [0, 0.05) is 15.6 Å². The van der Waals surface area contributed by atoms with E-state index in [2.05, 4.69) is 34.0 Å². The normalized spacial score (nSPS) is 11.4. The fourth-order valence-electron chi connectivity index (χ4n) is 1.85. The molecule has 2 aromatic rings. The monoisotopic (exact) mass is 376 g/mol. The fraction of sp³-hybridized carbons (Fsp3) is 0.125. The van der Waals surface area contributed by atoms with Crippen LogP contribution >= 0.6 is 22.6 Å². The minimum absolute atomic E-state index is 0.217. The minimum Gasteiger partial charge on any atom is -0.336 e. The molecule has 1 atom stereocenters. The Balaban J connectivity index is 2.04. The van der Waals surface area contributed by atoms with Gasteiger partial charge in [0.2, 0.25) is 0 Å². The number of nitriles is 1. The quantitative estimate of drug-likeness (QED) is 0.834. The third-order valence-electron chi connectivity index (χ3n) is 2.83. The number of benzene rings is 2. The molecule has 100 valence electrons. The molecule has 0 aliphatic rings. The fourth-order valence-corrected chi connectivity index (χ4v) is 2.39. The zero-order chi connectivity index (χ0) is 14.4. The molecule has 0 heterocycles. The average Bonchev–Trinajstić information content (AvgIpc) is 2.47. The highest BCUT2D eigenvalue weighted by atomic mass is 127. The Morgan fingerprint density at radius 1 is 1.20 bits per heavy atom. The van der Waals surface area contributed by atoms with Crippen molar-refractivity contribution in [3.05, 3.63) is 69.3 Å². The predicted octanol–water partition coefficient (Wildman–Crippen LogP) is 3.16. The number of nitrogens with one attached hydrogen (secondary N) is 1. The second kappa shape index (κ2) is 7.06. The molecule has 2 aromatic carbocycles. The third kappa shape index (κ3) is 4.07. The van der Waals surface area contributed by atoms with Crippen LogP contribution in [0, 0.1) is 14.9 Å². The van der Waals surface area contributed by atoms with Crippen LogP contribution in [-0.2, 0) is 6.42 Å². The molecule has 0 aromatic heterocycles. The number of halogens is 1. The van der Waals surface area contributed by atoms with Crippen molar-refractivity contribution in [2.45, 2.75) is 12.5 Å². The van der Waals surface area contributed by atoms with Gasteiger partial charge < -0.3 is 5.32 Å². The van der Waals surface area contributed by atoms with Gasteiger partial charge in [-0.2, -0.15) is 5.26 Å². The Labute approximate surface area is 131 Å². The minimum atomic E-state index is -0.525. The van der Waals surface area contributed by atoms with E-state index in [1.165, 1.54) is 0 Å². The van der Waals surface area contributed by atoms with Crippen LogP contribution in [0.5, 0.6) is 0 Å². The Morgan fingerprint density at radius 2 is 1.95 bits per heavy atom. The van der Waals surface area contributed by atoms with Gasteiger partial charge in [0.25, 0.3) is 5.91 Å². The zero-order valence-corrected chi connectivity index (χ0v) is 12.9. The molecular formula is C16H13IN2O. The molecule has 0 saturated heterocycles. The van der Waals surface area contributed by atoms with Crippen LogP contribution in [0.4, 0.5) is 0 Å². The molecule has 0 fully saturated rings. The van der Waals surface area contributed by atoms with Gasteiger partial charge in [-0.15, -0.1) is 0 Å². The molecule has 0 radical (unpaired) electrons. The van der Waals surface area contributed by atoms with Gasteiger partial charge in [-0.3, -0.25) is 4.79 Å². The van der Waals surface area contributed by atoms with Gasteiger partial charge in [-0.25, -0.2) is 0 Å². The largest absolute Gasteiger partial charge is 0.336 e. The summed E-state index contributed by atoms with van der Waals surface area (Å²) in [5.74, 6) is -0.217. The zero-order valence-electron chi connectivity index (χ0n) is 10.7. The van der Waals surface area contributed by atoms with Crippen LogP contribution in [0.2, 0.25) is 0 Å². The summed E-state index contributed by atoms with van der Waals surface area (Å²) >= 11 is 2.16. The summed E-state index contributed by atoms with van der Waals surface area (Å²) in [6, 6.07) is 18.6. The summed E-state index contributed by atoms with van der Waals surface area (Å²) in [7, 11) is 0. The van der Waals surface area contributed by atoms with E-state index in [1.807, 2.05) is 42.5 Å². The van der Waals surface area contributed by atoms with E-state index in [4.69, 9.17) is 0 Å². The van der Waals surface area contributed by atoms with Gasteiger partial charge >= 0.3 is 0 Å². The topological polar surface area (TPSA) is 52.9 Å². The van der Waals surface area contributed by atoms with E-state index in [0.29, 0.717) is 12.0 Å². The van der Waals surface area contributed by atoms with Crippen molar-refractivity contribution in [2.75, 3.05) is 0 Å². The molecule has 0 aliphatic carbocycles. The number of carbonyl (C=O) groups is 1. The number of nitrogens with zero attached hydrogens (tertiary/aromatic N) is 1. The first-order chi connectivity index (χ1) is 9.69. The van der Waals surface area contributed by atoms with Gasteiger partial charge in [-0.1, -0.05) is 36.4 Å². The lowest BCUT2D eigenvalue weighted by atomic mass is 10.1. The molecule has 0 spiro atoms. The maximum atomic E-state index is 12.1. The Morgan fingerprint density at radius 3 is 2.60 bits per heavy atom. The Kier molecular flexibility index (Phi) is 5.13. The molecule has 4 heteroatoms. The van der Waals surface area contributed by atoms with Crippen molar-refractivity contribution in [1.82, 2.24) is 5.32 Å². The van der Waals surface area contributed by atoms with Crippen molar-refractivity contribution in [1.29, 1.82) is 5.26 Å².